The summed E-state index contributed by atoms with van der Waals surface area (Å²) >= 11 is 11.0. The molecule has 0 radical (unpaired) electrons. The number of nitrogens with zero attached hydrogens (tertiary/aromatic N) is 1. The van der Waals surface area contributed by atoms with Gasteiger partial charge in [0.2, 0.25) is 0 Å². The van der Waals surface area contributed by atoms with Crippen molar-refractivity contribution in [2.24, 2.45) is 0 Å². The van der Waals surface area contributed by atoms with Gasteiger partial charge in [0, 0.05) is 0 Å². The highest BCUT2D eigenvalue weighted by atomic mass is 35.5. The van der Waals surface area contributed by atoms with Gasteiger partial charge >= 0.3 is 0 Å². The van der Waals surface area contributed by atoms with E-state index in [0.717, 1.165) is 11.3 Å². The Morgan fingerprint density at radius 3 is 2.50 bits per heavy atom. The second kappa shape index (κ2) is 7.81. The number of nitriles is 1. The van der Waals surface area contributed by atoms with Gasteiger partial charge < -0.3 is 4.74 Å². The van der Waals surface area contributed by atoms with Crippen molar-refractivity contribution < 1.29 is 4.74 Å². The molecule has 0 unspecified atom stereocenters. The molecular formula is C14H13Cl2NO. The summed E-state index contributed by atoms with van der Waals surface area (Å²) in [6, 6.07) is 9.06. The van der Waals surface area contributed by atoms with Crippen molar-refractivity contribution >= 4 is 23.2 Å². The van der Waals surface area contributed by atoms with Crippen LogP contribution >= 0.6 is 23.2 Å². The third-order valence-corrected chi connectivity index (χ3v) is 2.55. The number of hydrogen-bond donors (Lipinski definition) is 0. The molecular weight excluding hydrogens is 269 g/mol. The van der Waals surface area contributed by atoms with E-state index < -0.39 is 0 Å². The maximum Gasteiger partial charge on any atom is 0.119 e. The monoisotopic (exact) mass is 281 g/mol. The van der Waals surface area contributed by atoms with E-state index in [-0.39, 0.29) is 4.49 Å². The molecule has 0 saturated heterocycles. The zero-order valence-electron chi connectivity index (χ0n) is 9.99. The van der Waals surface area contributed by atoms with Gasteiger partial charge in [0.15, 0.2) is 0 Å². The van der Waals surface area contributed by atoms with Crippen LogP contribution in [0.2, 0.25) is 0 Å². The minimum Gasteiger partial charge on any atom is -0.490 e. The van der Waals surface area contributed by atoms with Gasteiger partial charge in [-0.05, 0) is 43.7 Å². The molecule has 1 aromatic rings. The minimum absolute atomic E-state index is 0.274. The van der Waals surface area contributed by atoms with Crippen molar-refractivity contribution in [1.82, 2.24) is 0 Å². The van der Waals surface area contributed by atoms with Gasteiger partial charge in [-0.1, -0.05) is 34.9 Å². The first-order chi connectivity index (χ1) is 8.61. The molecule has 94 valence electrons. The van der Waals surface area contributed by atoms with Crippen LogP contribution in [0.25, 0.3) is 0 Å². The van der Waals surface area contributed by atoms with Crippen LogP contribution in [0.4, 0.5) is 0 Å². The lowest BCUT2D eigenvalue weighted by molar-refractivity contribution is 0.362. The summed E-state index contributed by atoms with van der Waals surface area (Å²) in [6.07, 6.45) is 4.40. The molecule has 0 atom stereocenters. The molecule has 0 N–H and O–H groups in total. The predicted molar refractivity (Wildman–Crippen MR) is 74.8 cm³/mol. The maximum atomic E-state index is 8.65. The maximum absolute atomic E-state index is 8.65. The highest BCUT2D eigenvalue weighted by Crippen LogP contribution is 2.13. The van der Waals surface area contributed by atoms with Gasteiger partial charge in [-0.15, -0.1) is 0 Å². The summed E-state index contributed by atoms with van der Waals surface area (Å²) < 4.78 is 5.78. The summed E-state index contributed by atoms with van der Waals surface area (Å²) in [4.78, 5) is 0. The van der Waals surface area contributed by atoms with Gasteiger partial charge in [-0.3, -0.25) is 0 Å². The molecule has 0 heterocycles. The summed E-state index contributed by atoms with van der Waals surface area (Å²) in [5, 5.41) is 8.65. The fraction of sp³-hybridized carbons (Fsp3) is 0.214. The number of benzene rings is 1. The summed E-state index contributed by atoms with van der Waals surface area (Å²) in [5.74, 6) is 0.740. The molecule has 4 heteroatoms. The molecule has 0 bridgehead atoms. The van der Waals surface area contributed by atoms with Gasteiger partial charge in [-0.25, -0.2) is 0 Å². The van der Waals surface area contributed by atoms with Crippen molar-refractivity contribution in [3.8, 4) is 11.8 Å². The average molecular weight is 282 g/mol. The number of allylic oxidation sites excluding steroid dienone is 2. The zero-order valence-corrected chi connectivity index (χ0v) is 11.5. The van der Waals surface area contributed by atoms with Crippen LogP contribution in [-0.2, 0) is 0 Å². The molecule has 18 heavy (non-hydrogen) atoms. The van der Waals surface area contributed by atoms with Crippen molar-refractivity contribution in [2.75, 3.05) is 6.61 Å². The van der Waals surface area contributed by atoms with Crippen molar-refractivity contribution in [3.63, 3.8) is 0 Å². The third-order valence-electron chi connectivity index (χ3n) is 2.24. The van der Waals surface area contributed by atoms with Gasteiger partial charge in [0.05, 0.1) is 11.6 Å². The molecule has 0 aliphatic rings. The molecule has 1 rings (SSSR count). The van der Waals surface area contributed by atoms with Crippen LogP contribution in [0.1, 0.15) is 18.9 Å². The molecule has 0 spiro atoms. The fourth-order valence-electron chi connectivity index (χ4n) is 1.23. The second-order valence-corrected chi connectivity index (χ2v) is 4.70. The summed E-state index contributed by atoms with van der Waals surface area (Å²) in [7, 11) is 0. The Kier molecular flexibility index (Phi) is 6.35. The first kappa shape index (κ1) is 14.6. The number of hydrogen-bond acceptors (Lipinski definition) is 2. The zero-order chi connectivity index (χ0) is 13.4. The van der Waals surface area contributed by atoms with Gasteiger partial charge in [-0.2, -0.15) is 5.26 Å². The number of ether oxygens (including phenoxy) is 1. The molecule has 0 aliphatic carbocycles. The molecule has 0 aliphatic heterocycles. The SMILES string of the molecule is C/C(=C\COc1ccc(C#N)cc1)CC=C(Cl)Cl. The number of rotatable bonds is 5. The Morgan fingerprint density at radius 2 is 1.94 bits per heavy atom. The van der Waals surface area contributed by atoms with E-state index in [1.54, 1.807) is 30.3 Å². The lowest BCUT2D eigenvalue weighted by atomic mass is 10.2. The average Bonchev–Trinajstić information content (AvgIpc) is 2.37. The van der Waals surface area contributed by atoms with Crippen LogP contribution in [0.5, 0.6) is 5.75 Å². The third kappa shape index (κ3) is 5.77. The smallest absolute Gasteiger partial charge is 0.119 e. The Bertz CT molecular complexity index is 480. The van der Waals surface area contributed by atoms with Crippen molar-refractivity contribution in [2.45, 2.75) is 13.3 Å². The van der Waals surface area contributed by atoms with E-state index in [1.807, 2.05) is 13.0 Å². The molecule has 0 fully saturated rings. The summed E-state index contributed by atoms with van der Waals surface area (Å²) in [5.41, 5.74) is 1.75. The molecule has 1 aromatic carbocycles. The lowest BCUT2D eigenvalue weighted by Crippen LogP contribution is -1.94. The van der Waals surface area contributed by atoms with E-state index in [0.29, 0.717) is 18.6 Å². The van der Waals surface area contributed by atoms with Crippen LogP contribution < -0.4 is 4.74 Å². The Hall–Kier alpha value is -1.43. The van der Waals surface area contributed by atoms with Crippen LogP contribution in [0, 0.1) is 11.3 Å². The van der Waals surface area contributed by atoms with Crippen molar-refractivity contribution in [1.29, 1.82) is 5.26 Å². The fourth-order valence-corrected chi connectivity index (χ4v) is 1.38. The first-order valence-corrected chi connectivity index (χ1v) is 6.17. The summed E-state index contributed by atoms with van der Waals surface area (Å²) in [6.45, 7) is 2.46. The van der Waals surface area contributed by atoms with Crippen LogP contribution in [-0.4, -0.2) is 6.61 Å². The van der Waals surface area contributed by atoms with Crippen LogP contribution in [0.3, 0.4) is 0 Å². The lowest BCUT2D eigenvalue weighted by Gasteiger charge is -2.03. The highest BCUT2D eigenvalue weighted by molar-refractivity contribution is 6.55. The Balaban J connectivity index is 2.43. The molecule has 0 saturated carbocycles. The number of halogens is 2. The van der Waals surface area contributed by atoms with Gasteiger partial charge in [0.1, 0.15) is 16.8 Å². The largest absolute Gasteiger partial charge is 0.490 e. The van der Waals surface area contributed by atoms with E-state index in [2.05, 4.69) is 6.07 Å². The predicted octanol–water partition coefficient (Wildman–Crippen LogP) is 4.59. The highest BCUT2D eigenvalue weighted by Gasteiger charge is 1.94. The Morgan fingerprint density at radius 1 is 1.28 bits per heavy atom. The van der Waals surface area contributed by atoms with E-state index in [1.165, 1.54) is 0 Å². The van der Waals surface area contributed by atoms with E-state index in [4.69, 9.17) is 33.2 Å². The first-order valence-electron chi connectivity index (χ1n) is 5.41. The van der Waals surface area contributed by atoms with Crippen molar-refractivity contribution in [3.05, 3.63) is 52.0 Å². The molecule has 0 amide bonds. The topological polar surface area (TPSA) is 33.0 Å². The Labute approximate surface area is 117 Å². The minimum atomic E-state index is 0.274. The van der Waals surface area contributed by atoms with E-state index >= 15 is 0 Å². The van der Waals surface area contributed by atoms with Crippen LogP contribution in [0.15, 0.2) is 46.5 Å². The second-order valence-electron chi connectivity index (χ2n) is 3.70. The molecule has 2 nitrogen and oxygen atoms in total. The quantitative estimate of drug-likeness (QED) is 0.740. The normalized spacial score (nSPS) is 10.7. The molecule has 0 aromatic heterocycles. The van der Waals surface area contributed by atoms with Gasteiger partial charge in [0.25, 0.3) is 0 Å². The van der Waals surface area contributed by atoms with E-state index in [9.17, 15) is 0 Å². The standard InChI is InChI=1S/C14H13Cl2NO/c1-11(2-7-14(15)16)8-9-18-13-5-3-12(10-17)4-6-13/h3-8H,2,9H2,1H3/b11-8+.